The average molecular weight is 456 g/mol. The van der Waals surface area contributed by atoms with E-state index in [1.807, 2.05) is 30.3 Å². The van der Waals surface area contributed by atoms with E-state index >= 15 is 0 Å². The lowest BCUT2D eigenvalue weighted by Gasteiger charge is -2.23. The number of aryl methyl sites for hydroxylation is 1. The number of alkyl carbamates (subject to hydrolysis) is 1. The van der Waals surface area contributed by atoms with Gasteiger partial charge in [0.2, 0.25) is 5.78 Å². The molecule has 0 saturated heterocycles. The molecule has 176 valence electrons. The number of hydrogen-bond donors (Lipinski definition) is 2. The second kappa shape index (κ2) is 11.4. The Morgan fingerprint density at radius 2 is 1.97 bits per heavy atom. The molecular formula is C24H29N3O6. The first-order valence-corrected chi connectivity index (χ1v) is 11.1. The van der Waals surface area contributed by atoms with Gasteiger partial charge in [0.15, 0.2) is 12.2 Å². The normalized spacial score (nSPS) is 17.6. The highest BCUT2D eigenvalue weighted by molar-refractivity contribution is 6.37. The highest BCUT2D eigenvalue weighted by atomic mass is 16.5. The van der Waals surface area contributed by atoms with Crippen LogP contribution in [-0.4, -0.2) is 41.1 Å². The number of hydrogen-bond acceptors (Lipinski definition) is 7. The molecule has 2 N–H and O–H groups in total. The third kappa shape index (κ3) is 6.74. The number of nitrogens with zero attached hydrogens (tertiary/aromatic N) is 1. The Balaban J connectivity index is 1.64. The number of oxazole rings is 1. The van der Waals surface area contributed by atoms with Gasteiger partial charge >= 0.3 is 6.09 Å². The maximum atomic E-state index is 13.1. The van der Waals surface area contributed by atoms with E-state index < -0.39 is 29.7 Å². The van der Waals surface area contributed by atoms with Crippen molar-refractivity contribution in [2.45, 2.75) is 52.2 Å². The van der Waals surface area contributed by atoms with Crippen LogP contribution in [0.3, 0.4) is 0 Å². The number of benzene rings is 1. The molecule has 1 aromatic carbocycles. The van der Waals surface area contributed by atoms with E-state index in [9.17, 15) is 19.2 Å². The number of ether oxygens (including phenoxy) is 1. The minimum atomic E-state index is -0.847. The van der Waals surface area contributed by atoms with Crippen LogP contribution in [0.1, 0.15) is 43.7 Å². The molecule has 3 rings (SSSR count). The first-order chi connectivity index (χ1) is 15.8. The van der Waals surface area contributed by atoms with Crippen molar-refractivity contribution in [2.75, 3.05) is 6.54 Å². The summed E-state index contributed by atoms with van der Waals surface area (Å²) >= 11 is 0. The molecule has 1 aliphatic heterocycles. The Kier molecular flexibility index (Phi) is 8.34. The Morgan fingerprint density at radius 3 is 2.70 bits per heavy atom. The van der Waals surface area contributed by atoms with E-state index in [1.165, 1.54) is 6.39 Å². The van der Waals surface area contributed by atoms with Crippen LogP contribution >= 0.6 is 0 Å². The van der Waals surface area contributed by atoms with Gasteiger partial charge in [0, 0.05) is 31.7 Å². The van der Waals surface area contributed by atoms with Crippen molar-refractivity contribution in [3.8, 4) is 0 Å². The van der Waals surface area contributed by atoms with Crippen LogP contribution in [-0.2, 0) is 38.6 Å². The number of rotatable bonds is 7. The molecule has 0 bridgehead atoms. The van der Waals surface area contributed by atoms with Gasteiger partial charge in [-0.15, -0.1) is 0 Å². The third-order valence-electron chi connectivity index (χ3n) is 5.63. The number of carbonyl (C=O) groups excluding carboxylic acids is 4. The van der Waals surface area contributed by atoms with Gasteiger partial charge in [-0.3, -0.25) is 14.4 Å². The summed E-state index contributed by atoms with van der Waals surface area (Å²) in [7, 11) is 0. The molecule has 0 saturated carbocycles. The fraction of sp³-hybridized carbons (Fsp3) is 0.458. The molecule has 0 aliphatic carbocycles. The van der Waals surface area contributed by atoms with Crippen LogP contribution in [0.4, 0.5) is 4.79 Å². The van der Waals surface area contributed by atoms with Crippen LogP contribution in [0.2, 0.25) is 0 Å². The molecule has 0 radical (unpaired) electrons. The SMILES string of the molecule is CC(C)C(NC(=O)OCc1ccccc1)C(=O)CC1CCc2ocnc2CCNC(=O)C1=O. The van der Waals surface area contributed by atoms with E-state index in [0.717, 1.165) is 11.3 Å². The number of ketones is 2. The Labute approximate surface area is 192 Å². The van der Waals surface area contributed by atoms with E-state index in [0.29, 0.717) is 18.6 Å². The lowest BCUT2D eigenvalue weighted by Crippen LogP contribution is -2.46. The summed E-state index contributed by atoms with van der Waals surface area (Å²) in [4.78, 5) is 54.5. The summed E-state index contributed by atoms with van der Waals surface area (Å²) in [6.45, 7) is 3.92. The average Bonchev–Trinajstić information content (AvgIpc) is 3.25. The van der Waals surface area contributed by atoms with Gasteiger partial charge < -0.3 is 19.8 Å². The van der Waals surface area contributed by atoms with Crippen molar-refractivity contribution < 1.29 is 28.3 Å². The monoisotopic (exact) mass is 455 g/mol. The largest absolute Gasteiger partial charge is 0.448 e. The van der Waals surface area contributed by atoms with Crippen molar-refractivity contribution in [1.82, 2.24) is 15.6 Å². The maximum Gasteiger partial charge on any atom is 0.408 e. The zero-order valence-electron chi connectivity index (χ0n) is 18.8. The molecule has 1 aromatic heterocycles. The molecular weight excluding hydrogens is 426 g/mol. The third-order valence-corrected chi connectivity index (χ3v) is 5.63. The number of nitrogens with one attached hydrogen (secondary N) is 2. The molecule has 0 fully saturated rings. The summed E-state index contributed by atoms with van der Waals surface area (Å²) in [5.74, 6) is -2.08. The maximum absolute atomic E-state index is 13.1. The van der Waals surface area contributed by atoms with Crippen LogP contribution in [0.5, 0.6) is 0 Å². The van der Waals surface area contributed by atoms with E-state index in [1.54, 1.807) is 13.8 Å². The van der Waals surface area contributed by atoms with Crippen molar-refractivity contribution in [1.29, 1.82) is 0 Å². The van der Waals surface area contributed by atoms with E-state index in [-0.39, 0.29) is 37.7 Å². The Morgan fingerprint density at radius 1 is 1.21 bits per heavy atom. The first kappa shape index (κ1) is 24.2. The molecule has 2 heterocycles. The predicted octanol–water partition coefficient (Wildman–Crippen LogP) is 2.38. The molecule has 2 aromatic rings. The van der Waals surface area contributed by atoms with Gasteiger partial charge in [0.1, 0.15) is 12.4 Å². The van der Waals surface area contributed by atoms with E-state index in [2.05, 4.69) is 15.6 Å². The Bertz CT molecular complexity index is 985. The summed E-state index contributed by atoms with van der Waals surface area (Å²) in [6, 6.07) is 8.35. The van der Waals surface area contributed by atoms with Crippen molar-refractivity contribution in [3.63, 3.8) is 0 Å². The topological polar surface area (TPSA) is 128 Å². The summed E-state index contributed by atoms with van der Waals surface area (Å²) in [5, 5.41) is 5.19. The van der Waals surface area contributed by atoms with Crippen LogP contribution in [0, 0.1) is 11.8 Å². The van der Waals surface area contributed by atoms with E-state index in [4.69, 9.17) is 9.15 Å². The molecule has 0 spiro atoms. The zero-order chi connectivity index (χ0) is 23.8. The van der Waals surface area contributed by atoms with Gasteiger partial charge in [-0.25, -0.2) is 9.78 Å². The Hall–Kier alpha value is -3.49. The minimum absolute atomic E-state index is 0.0759. The summed E-state index contributed by atoms with van der Waals surface area (Å²) < 4.78 is 10.6. The fourth-order valence-electron chi connectivity index (χ4n) is 3.78. The predicted molar refractivity (Wildman–Crippen MR) is 118 cm³/mol. The lowest BCUT2D eigenvalue weighted by atomic mass is 9.86. The quantitative estimate of drug-likeness (QED) is 0.614. The molecule has 9 heteroatoms. The number of aromatic nitrogens is 1. The number of carbonyl (C=O) groups is 4. The fourth-order valence-corrected chi connectivity index (χ4v) is 3.78. The minimum Gasteiger partial charge on any atom is -0.448 e. The second-order valence-electron chi connectivity index (χ2n) is 8.43. The van der Waals surface area contributed by atoms with Gasteiger partial charge in [0.05, 0.1) is 11.7 Å². The molecule has 1 aliphatic rings. The second-order valence-corrected chi connectivity index (χ2v) is 8.43. The summed E-state index contributed by atoms with van der Waals surface area (Å²) in [5.41, 5.74) is 1.56. The van der Waals surface area contributed by atoms with Gasteiger partial charge in [-0.2, -0.15) is 0 Å². The lowest BCUT2D eigenvalue weighted by molar-refractivity contribution is -0.141. The molecule has 9 nitrogen and oxygen atoms in total. The number of Topliss-reactive ketones (excluding diaryl/α,β-unsaturated/α-hetero) is 2. The molecule has 2 atom stereocenters. The van der Waals surface area contributed by atoms with Crippen LogP contribution in [0.25, 0.3) is 0 Å². The number of fused-ring (bicyclic) bond motifs is 1. The van der Waals surface area contributed by atoms with Gasteiger partial charge in [-0.05, 0) is 17.9 Å². The summed E-state index contributed by atoms with van der Waals surface area (Å²) in [6.07, 6.45) is 1.59. The number of amides is 2. The molecule has 2 unspecified atom stereocenters. The van der Waals surface area contributed by atoms with Gasteiger partial charge in [-0.1, -0.05) is 44.2 Å². The highest BCUT2D eigenvalue weighted by Gasteiger charge is 2.33. The standard InChI is InChI=1S/C24H29N3O6/c1-15(2)21(27-24(31)32-13-16-6-4-3-5-7-16)19(28)12-17-8-9-20-18(26-14-33-20)10-11-25-23(30)22(17)29/h3-7,14-15,17,21H,8-13H2,1-2H3,(H,25,30)(H,27,31). The molecule has 33 heavy (non-hydrogen) atoms. The van der Waals surface area contributed by atoms with Crippen LogP contribution in [0.15, 0.2) is 41.1 Å². The van der Waals surface area contributed by atoms with Gasteiger partial charge in [0.25, 0.3) is 5.91 Å². The van der Waals surface area contributed by atoms with Crippen molar-refractivity contribution in [2.24, 2.45) is 11.8 Å². The zero-order valence-corrected chi connectivity index (χ0v) is 18.8. The smallest absolute Gasteiger partial charge is 0.408 e. The first-order valence-electron chi connectivity index (χ1n) is 11.1. The molecule has 2 amide bonds. The van der Waals surface area contributed by atoms with Crippen molar-refractivity contribution in [3.05, 3.63) is 53.7 Å². The highest BCUT2D eigenvalue weighted by Crippen LogP contribution is 2.21. The van der Waals surface area contributed by atoms with Crippen molar-refractivity contribution >= 4 is 23.6 Å². The van der Waals surface area contributed by atoms with Crippen LogP contribution < -0.4 is 10.6 Å².